The van der Waals surface area contributed by atoms with Crippen molar-refractivity contribution in [3.8, 4) is 11.3 Å². The molecular weight excluding hydrogens is 358 g/mol. The molecule has 25 heavy (non-hydrogen) atoms. The molecule has 3 heterocycles. The molecule has 3 aromatic rings. The van der Waals surface area contributed by atoms with Gasteiger partial charge in [-0.05, 0) is 18.2 Å². The SMILES string of the molecule is C=CCN(S)C(=O)Nc1ccc2ncc(-c3csc(CO)c3)nc2n1. The highest BCUT2D eigenvalue weighted by Gasteiger charge is 2.11. The van der Waals surface area contributed by atoms with Gasteiger partial charge >= 0.3 is 6.03 Å². The van der Waals surface area contributed by atoms with Crippen LogP contribution in [0.4, 0.5) is 10.6 Å². The smallest absolute Gasteiger partial charge is 0.333 e. The summed E-state index contributed by atoms with van der Waals surface area (Å²) in [5.74, 6) is 0.355. The number of fused-ring (bicyclic) bond motifs is 1. The number of hydrogen-bond acceptors (Lipinski definition) is 7. The highest BCUT2D eigenvalue weighted by Crippen LogP contribution is 2.25. The van der Waals surface area contributed by atoms with E-state index in [0.29, 0.717) is 29.2 Å². The van der Waals surface area contributed by atoms with E-state index < -0.39 is 6.03 Å². The van der Waals surface area contributed by atoms with E-state index in [1.165, 1.54) is 15.6 Å². The fraction of sp³-hybridized carbons (Fsp3) is 0.125. The minimum absolute atomic E-state index is 0.00889. The Kier molecular flexibility index (Phi) is 5.27. The van der Waals surface area contributed by atoms with Gasteiger partial charge in [0.1, 0.15) is 11.3 Å². The van der Waals surface area contributed by atoms with E-state index in [0.717, 1.165) is 10.4 Å². The fourth-order valence-electron chi connectivity index (χ4n) is 2.08. The Morgan fingerprint density at radius 3 is 3.00 bits per heavy atom. The molecule has 0 bridgehead atoms. The molecule has 0 spiro atoms. The zero-order valence-electron chi connectivity index (χ0n) is 13.1. The van der Waals surface area contributed by atoms with Gasteiger partial charge in [-0.2, -0.15) is 0 Å². The van der Waals surface area contributed by atoms with Crippen molar-refractivity contribution in [3.63, 3.8) is 0 Å². The molecule has 128 valence electrons. The van der Waals surface area contributed by atoms with Gasteiger partial charge in [0.05, 0.1) is 25.0 Å². The number of rotatable bonds is 5. The summed E-state index contributed by atoms with van der Waals surface area (Å²) in [7, 11) is 0. The predicted octanol–water partition coefficient (Wildman–Crippen LogP) is 3.11. The summed E-state index contributed by atoms with van der Waals surface area (Å²) >= 11 is 5.51. The van der Waals surface area contributed by atoms with Crippen molar-refractivity contribution in [1.29, 1.82) is 0 Å². The van der Waals surface area contributed by atoms with Crippen LogP contribution in [0.3, 0.4) is 0 Å². The van der Waals surface area contributed by atoms with Crippen LogP contribution in [0.15, 0.2) is 42.4 Å². The number of aliphatic hydroxyl groups is 1. The molecule has 0 radical (unpaired) electrons. The summed E-state index contributed by atoms with van der Waals surface area (Å²) in [5.41, 5.74) is 2.56. The molecule has 0 aromatic carbocycles. The van der Waals surface area contributed by atoms with Gasteiger partial charge in [-0.3, -0.25) is 14.6 Å². The van der Waals surface area contributed by atoms with Gasteiger partial charge < -0.3 is 5.11 Å². The van der Waals surface area contributed by atoms with Gasteiger partial charge in [-0.25, -0.2) is 14.8 Å². The Labute approximate surface area is 153 Å². The summed E-state index contributed by atoms with van der Waals surface area (Å²) < 4.78 is 1.18. The maximum absolute atomic E-state index is 12.0. The van der Waals surface area contributed by atoms with E-state index in [4.69, 9.17) is 0 Å². The molecule has 2 amide bonds. The third-order valence-corrected chi connectivity index (χ3v) is 4.55. The molecule has 0 aliphatic carbocycles. The summed E-state index contributed by atoms with van der Waals surface area (Å²) in [6, 6.07) is 4.83. The normalized spacial score (nSPS) is 10.6. The minimum atomic E-state index is -0.412. The number of nitrogens with zero attached hydrogens (tertiary/aromatic N) is 4. The molecule has 0 fully saturated rings. The van der Waals surface area contributed by atoms with E-state index in [2.05, 4.69) is 39.7 Å². The van der Waals surface area contributed by atoms with Gasteiger partial charge in [-0.1, -0.05) is 18.9 Å². The van der Waals surface area contributed by atoms with Crippen LogP contribution >= 0.6 is 24.2 Å². The third-order valence-electron chi connectivity index (χ3n) is 3.28. The first-order valence-electron chi connectivity index (χ1n) is 7.31. The van der Waals surface area contributed by atoms with E-state index in [1.54, 1.807) is 24.4 Å². The maximum atomic E-state index is 12.0. The van der Waals surface area contributed by atoms with Crippen molar-refractivity contribution in [3.05, 3.63) is 47.3 Å². The summed E-state index contributed by atoms with van der Waals surface area (Å²) in [4.78, 5) is 26.0. The summed E-state index contributed by atoms with van der Waals surface area (Å²) in [5, 5.41) is 13.7. The second-order valence-corrected chi connectivity index (χ2v) is 6.53. The van der Waals surface area contributed by atoms with E-state index in [9.17, 15) is 9.90 Å². The van der Waals surface area contributed by atoms with E-state index >= 15 is 0 Å². The molecule has 0 aliphatic rings. The lowest BCUT2D eigenvalue weighted by atomic mass is 10.2. The maximum Gasteiger partial charge on any atom is 0.333 e. The molecule has 7 nitrogen and oxygen atoms in total. The predicted molar refractivity (Wildman–Crippen MR) is 101 cm³/mol. The first-order valence-corrected chi connectivity index (χ1v) is 8.59. The van der Waals surface area contributed by atoms with Gasteiger partial charge in [0, 0.05) is 15.8 Å². The highest BCUT2D eigenvalue weighted by molar-refractivity contribution is 7.78. The number of amides is 2. The Bertz CT molecular complexity index is 928. The van der Waals surface area contributed by atoms with Gasteiger partial charge in [0.25, 0.3) is 0 Å². The van der Waals surface area contributed by atoms with Crippen LogP contribution in [0.25, 0.3) is 22.4 Å². The van der Waals surface area contributed by atoms with Crippen LogP contribution in [-0.4, -0.2) is 36.9 Å². The molecule has 9 heteroatoms. The lowest BCUT2D eigenvalue weighted by molar-refractivity contribution is 0.241. The number of aromatic nitrogens is 3. The average Bonchev–Trinajstić information content (AvgIpc) is 3.10. The minimum Gasteiger partial charge on any atom is -0.391 e. The van der Waals surface area contributed by atoms with Crippen LogP contribution in [0, 0.1) is 0 Å². The molecular formula is C16H15N5O2S2. The van der Waals surface area contributed by atoms with Crippen molar-refractivity contribution in [2.75, 3.05) is 11.9 Å². The first kappa shape index (κ1) is 17.3. The Hall–Kier alpha value is -2.49. The molecule has 0 aliphatic heterocycles. The Balaban J connectivity index is 1.88. The number of anilines is 1. The van der Waals surface area contributed by atoms with Crippen LogP contribution in [0.2, 0.25) is 0 Å². The zero-order chi connectivity index (χ0) is 17.8. The first-order chi connectivity index (χ1) is 12.1. The fourth-order valence-corrected chi connectivity index (χ4v) is 2.99. The Morgan fingerprint density at radius 1 is 1.44 bits per heavy atom. The average molecular weight is 373 g/mol. The lowest BCUT2D eigenvalue weighted by Crippen LogP contribution is -2.27. The van der Waals surface area contributed by atoms with Crippen molar-refractivity contribution in [2.24, 2.45) is 0 Å². The molecule has 0 saturated carbocycles. The highest BCUT2D eigenvalue weighted by atomic mass is 32.1. The summed E-state index contributed by atoms with van der Waals surface area (Å²) in [6.45, 7) is 3.85. The van der Waals surface area contributed by atoms with Gasteiger partial charge in [0.2, 0.25) is 0 Å². The largest absolute Gasteiger partial charge is 0.391 e. The standard InChI is InChI=1S/C16H15N5O2S2/c1-2-5-21(24)16(23)20-14-4-3-12-15(19-14)18-13(7-17-12)10-6-11(8-22)25-9-10/h2-4,6-7,9,22,24H,1,5,8H2,(H,18,19,20,23). The quantitative estimate of drug-likeness (QED) is 0.472. The van der Waals surface area contributed by atoms with Gasteiger partial charge in [-0.15, -0.1) is 17.9 Å². The number of carbonyl (C=O) groups is 1. The third kappa shape index (κ3) is 3.95. The lowest BCUT2D eigenvalue weighted by Gasteiger charge is -2.13. The number of thiophene rings is 1. The van der Waals surface area contributed by atoms with Gasteiger partial charge in [0.15, 0.2) is 5.65 Å². The van der Waals surface area contributed by atoms with E-state index in [-0.39, 0.29) is 6.61 Å². The number of pyridine rings is 1. The van der Waals surface area contributed by atoms with Crippen molar-refractivity contribution < 1.29 is 9.90 Å². The summed E-state index contributed by atoms with van der Waals surface area (Å²) in [6.07, 6.45) is 3.23. The Morgan fingerprint density at radius 2 is 2.28 bits per heavy atom. The molecule has 2 N–H and O–H groups in total. The van der Waals surface area contributed by atoms with Crippen molar-refractivity contribution in [2.45, 2.75) is 6.61 Å². The number of carbonyl (C=O) groups excluding carboxylic acids is 1. The van der Waals surface area contributed by atoms with Crippen molar-refractivity contribution >= 4 is 47.2 Å². The number of urea groups is 1. The molecule has 0 saturated heterocycles. The molecule has 0 unspecified atom stereocenters. The molecule has 3 aromatic heterocycles. The monoisotopic (exact) mass is 373 g/mol. The van der Waals surface area contributed by atoms with Crippen LogP contribution in [0.1, 0.15) is 4.88 Å². The van der Waals surface area contributed by atoms with E-state index in [1.807, 2.05) is 11.4 Å². The van der Waals surface area contributed by atoms with Crippen LogP contribution in [0.5, 0.6) is 0 Å². The van der Waals surface area contributed by atoms with Crippen LogP contribution in [-0.2, 0) is 6.61 Å². The van der Waals surface area contributed by atoms with Crippen LogP contribution < -0.4 is 5.32 Å². The second kappa shape index (κ2) is 7.60. The topological polar surface area (TPSA) is 91.2 Å². The number of hydrogen-bond donors (Lipinski definition) is 3. The number of nitrogens with one attached hydrogen (secondary N) is 1. The molecule has 0 atom stereocenters. The van der Waals surface area contributed by atoms with Crippen molar-refractivity contribution in [1.82, 2.24) is 19.3 Å². The zero-order valence-corrected chi connectivity index (χ0v) is 14.8. The number of thiol groups is 1. The number of aliphatic hydroxyl groups excluding tert-OH is 1. The molecule has 3 rings (SSSR count). The second-order valence-electron chi connectivity index (χ2n) is 5.06.